The minimum atomic E-state index is -0.641. The summed E-state index contributed by atoms with van der Waals surface area (Å²) >= 11 is 0. The summed E-state index contributed by atoms with van der Waals surface area (Å²) in [7, 11) is 1.54. The first kappa shape index (κ1) is 15.0. The van der Waals surface area contributed by atoms with Crippen LogP contribution in [0.2, 0.25) is 0 Å². The highest BCUT2D eigenvalue weighted by Crippen LogP contribution is 2.43. The number of aliphatic hydroxyl groups is 1. The van der Waals surface area contributed by atoms with Crippen molar-refractivity contribution in [2.45, 2.75) is 31.8 Å². The molecule has 110 valence electrons. The van der Waals surface area contributed by atoms with Gasteiger partial charge in [0, 0.05) is 13.7 Å². The van der Waals surface area contributed by atoms with Crippen LogP contribution < -0.4 is 5.32 Å². The summed E-state index contributed by atoms with van der Waals surface area (Å²) in [6, 6.07) is 10.1. The summed E-state index contributed by atoms with van der Waals surface area (Å²) in [4.78, 5) is 12.4. The maximum absolute atomic E-state index is 12.4. The molecule has 4 nitrogen and oxygen atoms in total. The average molecular weight is 277 g/mol. The maximum atomic E-state index is 12.4. The van der Waals surface area contributed by atoms with E-state index >= 15 is 0 Å². The van der Waals surface area contributed by atoms with Crippen LogP contribution in [0.1, 0.15) is 24.8 Å². The summed E-state index contributed by atoms with van der Waals surface area (Å²) in [5, 5.41) is 12.5. The van der Waals surface area contributed by atoms with Gasteiger partial charge in [-0.3, -0.25) is 4.79 Å². The van der Waals surface area contributed by atoms with E-state index in [1.165, 1.54) is 12.7 Å². The third-order valence-electron chi connectivity index (χ3n) is 4.03. The van der Waals surface area contributed by atoms with Crippen LogP contribution in [0.3, 0.4) is 0 Å². The van der Waals surface area contributed by atoms with Gasteiger partial charge in [0.1, 0.15) is 0 Å². The SMILES string of the molecule is COCC(O)CNC(=O)C1(Cc2ccccc2)CCC1. The van der Waals surface area contributed by atoms with E-state index in [1.54, 1.807) is 0 Å². The number of amides is 1. The first-order valence-corrected chi connectivity index (χ1v) is 7.15. The number of nitrogens with one attached hydrogen (secondary N) is 1. The molecule has 2 rings (SSSR count). The normalized spacial score (nSPS) is 18.1. The molecule has 1 fully saturated rings. The Labute approximate surface area is 120 Å². The number of benzene rings is 1. The zero-order valence-corrected chi connectivity index (χ0v) is 12.0. The van der Waals surface area contributed by atoms with E-state index in [-0.39, 0.29) is 24.5 Å². The van der Waals surface area contributed by atoms with Gasteiger partial charge in [-0.05, 0) is 24.8 Å². The van der Waals surface area contributed by atoms with E-state index in [0.29, 0.717) is 0 Å². The van der Waals surface area contributed by atoms with Crippen LogP contribution in [-0.4, -0.2) is 37.4 Å². The van der Waals surface area contributed by atoms with Gasteiger partial charge in [0.25, 0.3) is 0 Å². The third-order valence-corrected chi connectivity index (χ3v) is 4.03. The Hall–Kier alpha value is -1.39. The predicted octanol–water partition coefficient (Wildman–Crippen LogP) is 1.52. The number of hydrogen-bond donors (Lipinski definition) is 2. The van der Waals surface area contributed by atoms with Gasteiger partial charge in [0.2, 0.25) is 5.91 Å². The first-order valence-electron chi connectivity index (χ1n) is 7.15. The lowest BCUT2D eigenvalue weighted by molar-refractivity contribution is -0.136. The molecule has 1 unspecified atom stereocenters. The van der Waals surface area contributed by atoms with Crippen LogP contribution >= 0.6 is 0 Å². The fourth-order valence-electron chi connectivity index (χ4n) is 2.72. The second kappa shape index (κ2) is 6.86. The minimum Gasteiger partial charge on any atom is -0.389 e. The zero-order valence-electron chi connectivity index (χ0n) is 12.0. The Morgan fingerprint density at radius 3 is 2.65 bits per heavy atom. The second-order valence-corrected chi connectivity index (χ2v) is 5.62. The lowest BCUT2D eigenvalue weighted by Gasteiger charge is -2.40. The van der Waals surface area contributed by atoms with E-state index < -0.39 is 6.10 Å². The molecular weight excluding hydrogens is 254 g/mol. The number of carbonyl (C=O) groups excluding carboxylic acids is 1. The zero-order chi connectivity index (χ0) is 14.4. The summed E-state index contributed by atoms with van der Waals surface area (Å²) in [6.45, 7) is 0.495. The fraction of sp³-hybridized carbons (Fsp3) is 0.562. The van der Waals surface area contributed by atoms with Gasteiger partial charge in [-0.25, -0.2) is 0 Å². The Morgan fingerprint density at radius 2 is 2.10 bits per heavy atom. The largest absolute Gasteiger partial charge is 0.389 e. The Morgan fingerprint density at radius 1 is 1.40 bits per heavy atom. The molecule has 1 atom stereocenters. The molecule has 0 radical (unpaired) electrons. The van der Waals surface area contributed by atoms with Crippen LogP contribution in [-0.2, 0) is 16.0 Å². The molecule has 4 heteroatoms. The summed E-state index contributed by atoms with van der Waals surface area (Å²) in [6.07, 6.45) is 3.08. The van der Waals surface area contributed by atoms with E-state index in [2.05, 4.69) is 17.4 Å². The Kier molecular flexibility index (Phi) is 5.15. The number of rotatable bonds is 7. The number of ether oxygens (including phenoxy) is 1. The molecule has 20 heavy (non-hydrogen) atoms. The molecular formula is C16H23NO3. The van der Waals surface area contributed by atoms with Crippen LogP contribution in [0.4, 0.5) is 0 Å². The molecule has 1 aromatic rings. The smallest absolute Gasteiger partial charge is 0.226 e. The molecule has 1 aliphatic carbocycles. The van der Waals surface area contributed by atoms with E-state index in [9.17, 15) is 9.90 Å². The van der Waals surface area contributed by atoms with Gasteiger partial charge >= 0.3 is 0 Å². The quantitative estimate of drug-likeness (QED) is 0.794. The monoisotopic (exact) mass is 277 g/mol. The van der Waals surface area contributed by atoms with Crippen molar-refractivity contribution >= 4 is 5.91 Å². The van der Waals surface area contributed by atoms with Crippen molar-refractivity contribution in [1.29, 1.82) is 0 Å². The van der Waals surface area contributed by atoms with Crippen LogP contribution in [0.5, 0.6) is 0 Å². The van der Waals surface area contributed by atoms with Crippen LogP contribution in [0.15, 0.2) is 30.3 Å². The lowest BCUT2D eigenvalue weighted by Crippen LogP contribution is -2.49. The molecule has 0 spiro atoms. The molecule has 0 aromatic heterocycles. The van der Waals surface area contributed by atoms with Crippen molar-refractivity contribution in [2.24, 2.45) is 5.41 Å². The van der Waals surface area contributed by atoms with Crippen molar-refractivity contribution in [1.82, 2.24) is 5.32 Å². The molecule has 0 heterocycles. The molecule has 0 saturated heterocycles. The third kappa shape index (κ3) is 3.58. The van der Waals surface area contributed by atoms with Gasteiger partial charge in [0.15, 0.2) is 0 Å². The number of aliphatic hydroxyl groups excluding tert-OH is 1. The molecule has 1 amide bonds. The highest BCUT2D eigenvalue weighted by molar-refractivity contribution is 5.83. The number of methoxy groups -OCH3 is 1. The molecule has 0 aliphatic heterocycles. The van der Waals surface area contributed by atoms with E-state index in [1.807, 2.05) is 18.2 Å². The van der Waals surface area contributed by atoms with E-state index in [4.69, 9.17) is 4.74 Å². The summed E-state index contributed by atoms with van der Waals surface area (Å²) in [5.74, 6) is 0.0581. The average Bonchev–Trinajstić information content (AvgIpc) is 2.42. The minimum absolute atomic E-state index is 0.0581. The summed E-state index contributed by atoms with van der Waals surface area (Å²) < 4.78 is 4.86. The van der Waals surface area contributed by atoms with Crippen LogP contribution in [0.25, 0.3) is 0 Å². The van der Waals surface area contributed by atoms with Gasteiger partial charge < -0.3 is 15.2 Å². The highest BCUT2D eigenvalue weighted by Gasteiger charge is 2.43. The molecule has 1 saturated carbocycles. The van der Waals surface area contributed by atoms with Crippen molar-refractivity contribution in [3.05, 3.63) is 35.9 Å². The predicted molar refractivity (Wildman–Crippen MR) is 77.3 cm³/mol. The number of hydrogen-bond acceptors (Lipinski definition) is 3. The Bertz CT molecular complexity index is 429. The molecule has 2 N–H and O–H groups in total. The van der Waals surface area contributed by atoms with Crippen molar-refractivity contribution in [3.8, 4) is 0 Å². The van der Waals surface area contributed by atoms with Gasteiger partial charge in [0.05, 0.1) is 18.1 Å². The van der Waals surface area contributed by atoms with Crippen molar-refractivity contribution in [2.75, 3.05) is 20.3 Å². The van der Waals surface area contributed by atoms with Gasteiger partial charge in [-0.15, -0.1) is 0 Å². The summed E-state index contributed by atoms with van der Waals surface area (Å²) in [5.41, 5.74) is 0.911. The second-order valence-electron chi connectivity index (χ2n) is 5.62. The molecule has 1 aliphatic rings. The van der Waals surface area contributed by atoms with Gasteiger partial charge in [-0.2, -0.15) is 0 Å². The lowest BCUT2D eigenvalue weighted by atomic mass is 9.64. The first-order chi connectivity index (χ1) is 9.66. The number of carbonyl (C=O) groups is 1. The molecule has 0 bridgehead atoms. The topological polar surface area (TPSA) is 58.6 Å². The van der Waals surface area contributed by atoms with Crippen molar-refractivity contribution < 1.29 is 14.6 Å². The molecule has 1 aromatic carbocycles. The fourth-order valence-corrected chi connectivity index (χ4v) is 2.72. The van der Waals surface area contributed by atoms with Crippen LogP contribution in [0, 0.1) is 5.41 Å². The standard InChI is InChI=1S/C16H23NO3/c1-20-12-14(18)11-17-15(19)16(8-5-9-16)10-13-6-3-2-4-7-13/h2-4,6-7,14,18H,5,8-12H2,1H3,(H,17,19). The van der Waals surface area contributed by atoms with Crippen molar-refractivity contribution in [3.63, 3.8) is 0 Å². The van der Waals surface area contributed by atoms with Gasteiger partial charge in [-0.1, -0.05) is 36.8 Å². The maximum Gasteiger partial charge on any atom is 0.226 e. The Balaban J connectivity index is 1.91. The highest BCUT2D eigenvalue weighted by atomic mass is 16.5. The van der Waals surface area contributed by atoms with E-state index in [0.717, 1.165) is 25.7 Å².